The number of aromatic nitrogens is 4. The van der Waals surface area contributed by atoms with Crippen molar-refractivity contribution in [1.29, 1.82) is 0 Å². The van der Waals surface area contributed by atoms with E-state index < -0.39 is 0 Å². The van der Waals surface area contributed by atoms with Gasteiger partial charge in [0.2, 0.25) is 0 Å². The minimum absolute atomic E-state index is 0.342. The van der Waals surface area contributed by atoms with E-state index in [1.165, 1.54) is 21.5 Å². The van der Waals surface area contributed by atoms with E-state index in [1.807, 2.05) is 21.8 Å². The lowest BCUT2D eigenvalue weighted by molar-refractivity contribution is 0.577. The Morgan fingerprint density at radius 2 is 0.939 bits per heavy atom. The highest BCUT2D eigenvalue weighted by Crippen LogP contribution is 2.31. The Labute approximate surface area is 192 Å². The molecule has 0 aliphatic rings. The first-order valence-corrected chi connectivity index (χ1v) is 11.2. The van der Waals surface area contributed by atoms with Crippen molar-refractivity contribution in [3.8, 4) is 11.4 Å². The maximum absolute atomic E-state index is 4.98. The highest BCUT2D eigenvalue weighted by molar-refractivity contribution is 5.90. The van der Waals surface area contributed by atoms with Gasteiger partial charge in [-0.25, -0.2) is 9.36 Å². The van der Waals surface area contributed by atoms with Crippen LogP contribution in [-0.2, 0) is 5.41 Å². The molecule has 4 aromatic carbocycles. The second-order valence-electron chi connectivity index (χ2n) is 8.91. The van der Waals surface area contributed by atoms with Crippen LogP contribution in [0.1, 0.15) is 25.2 Å². The van der Waals surface area contributed by atoms with Crippen molar-refractivity contribution in [2.45, 2.75) is 19.3 Å². The highest BCUT2D eigenvalue weighted by Gasteiger charge is 2.29. The second kappa shape index (κ2) is 7.45. The summed E-state index contributed by atoms with van der Waals surface area (Å²) in [6, 6.07) is 33.7. The molecule has 0 unspecified atom stereocenters. The average Bonchev–Trinajstić information content (AvgIpc) is 3.55. The molecule has 0 atom stereocenters. The lowest BCUT2D eigenvalue weighted by Crippen LogP contribution is -2.21. The third-order valence-electron chi connectivity index (χ3n) is 6.49. The Morgan fingerprint density at radius 1 is 0.515 bits per heavy atom. The van der Waals surface area contributed by atoms with Gasteiger partial charge >= 0.3 is 0 Å². The van der Waals surface area contributed by atoms with Crippen LogP contribution < -0.4 is 0 Å². The van der Waals surface area contributed by atoms with Crippen molar-refractivity contribution in [1.82, 2.24) is 19.6 Å². The number of hydrogen-bond donors (Lipinski definition) is 0. The smallest absolute Gasteiger partial charge is 0.0745 e. The maximum Gasteiger partial charge on any atom is 0.0745 e. The zero-order chi connectivity index (χ0) is 22.4. The van der Waals surface area contributed by atoms with Gasteiger partial charge in [0.1, 0.15) is 0 Å². The normalized spacial score (nSPS) is 11.9. The first-order valence-electron chi connectivity index (χ1n) is 11.2. The van der Waals surface area contributed by atoms with Gasteiger partial charge in [0, 0.05) is 23.2 Å². The van der Waals surface area contributed by atoms with E-state index in [0.717, 1.165) is 22.8 Å². The average molecular weight is 429 g/mol. The van der Waals surface area contributed by atoms with Crippen molar-refractivity contribution < 1.29 is 0 Å². The zero-order valence-corrected chi connectivity index (χ0v) is 18.7. The second-order valence-corrected chi connectivity index (χ2v) is 8.91. The predicted molar refractivity (Wildman–Crippen MR) is 134 cm³/mol. The molecule has 0 bridgehead atoms. The maximum atomic E-state index is 4.98. The summed E-state index contributed by atoms with van der Waals surface area (Å²) in [5, 5.41) is 14.7. The molecule has 0 saturated carbocycles. The van der Waals surface area contributed by atoms with Crippen molar-refractivity contribution in [3.05, 3.63) is 121 Å². The van der Waals surface area contributed by atoms with Crippen LogP contribution in [0.4, 0.5) is 0 Å². The van der Waals surface area contributed by atoms with Crippen LogP contribution in [-0.4, -0.2) is 19.6 Å². The molecule has 4 nitrogen and oxygen atoms in total. The lowest BCUT2D eigenvalue weighted by Gasteiger charge is -2.20. The molecule has 0 saturated heterocycles. The summed E-state index contributed by atoms with van der Waals surface area (Å²) in [6.07, 6.45) is 4.08. The fourth-order valence-corrected chi connectivity index (χ4v) is 4.53. The minimum atomic E-state index is -0.342. The van der Waals surface area contributed by atoms with Gasteiger partial charge in [0.25, 0.3) is 0 Å². The van der Waals surface area contributed by atoms with Gasteiger partial charge in [-0.2, -0.15) is 10.2 Å². The van der Waals surface area contributed by atoms with E-state index >= 15 is 0 Å². The Hall–Kier alpha value is -4.18. The lowest BCUT2D eigenvalue weighted by atomic mass is 9.86. The first-order chi connectivity index (χ1) is 16.1. The molecule has 0 amide bonds. The van der Waals surface area contributed by atoms with Crippen LogP contribution in [0.5, 0.6) is 0 Å². The minimum Gasteiger partial charge on any atom is -0.240 e. The monoisotopic (exact) mass is 428 g/mol. The quantitative estimate of drug-likeness (QED) is 0.314. The van der Waals surface area contributed by atoms with E-state index in [2.05, 4.69) is 111 Å². The molecular weight excluding hydrogens is 404 g/mol. The van der Waals surface area contributed by atoms with E-state index in [1.54, 1.807) is 0 Å². The summed E-state index contributed by atoms with van der Waals surface area (Å²) in [4.78, 5) is 0. The van der Waals surface area contributed by atoms with Crippen LogP contribution in [0, 0.1) is 0 Å². The number of benzene rings is 4. The Morgan fingerprint density at radius 3 is 1.42 bits per heavy atom. The summed E-state index contributed by atoms with van der Waals surface area (Å²) in [6.45, 7) is 4.36. The summed E-state index contributed by atoms with van der Waals surface area (Å²) in [7, 11) is 0. The van der Waals surface area contributed by atoms with Crippen LogP contribution >= 0.6 is 0 Å². The van der Waals surface area contributed by atoms with Crippen molar-refractivity contribution in [2.24, 2.45) is 0 Å². The molecule has 4 heteroatoms. The number of hydrogen-bond acceptors (Lipinski definition) is 2. The molecule has 2 aromatic heterocycles. The zero-order valence-electron chi connectivity index (χ0n) is 18.7. The van der Waals surface area contributed by atoms with Gasteiger partial charge in [-0.15, -0.1) is 0 Å². The summed E-state index contributed by atoms with van der Waals surface area (Å²) >= 11 is 0. The summed E-state index contributed by atoms with van der Waals surface area (Å²) in [5.74, 6) is 0. The Bertz CT molecular complexity index is 1470. The molecule has 0 radical (unpaired) electrons. The third-order valence-corrected chi connectivity index (χ3v) is 6.49. The highest BCUT2D eigenvalue weighted by atomic mass is 15.3. The van der Waals surface area contributed by atoms with Crippen LogP contribution in [0.2, 0.25) is 0 Å². The molecule has 0 aliphatic heterocycles. The molecule has 2 heterocycles. The number of nitrogens with zero attached hydrogens (tertiary/aromatic N) is 4. The van der Waals surface area contributed by atoms with Gasteiger partial charge in [0.05, 0.1) is 28.2 Å². The molecule has 6 rings (SSSR count). The van der Waals surface area contributed by atoms with Gasteiger partial charge in [-0.1, -0.05) is 72.8 Å². The largest absolute Gasteiger partial charge is 0.240 e. The summed E-state index contributed by atoms with van der Waals surface area (Å²) < 4.78 is 3.95. The molecule has 0 fully saturated rings. The van der Waals surface area contributed by atoms with Crippen LogP contribution in [0.25, 0.3) is 32.9 Å². The SMILES string of the molecule is CC(C)(c1ccn(-c2cccc3ccccc23)n1)c1ccn(-c2cccc3ccccc23)n1. The third kappa shape index (κ3) is 3.23. The van der Waals surface area contributed by atoms with Crippen molar-refractivity contribution in [3.63, 3.8) is 0 Å². The van der Waals surface area contributed by atoms with Gasteiger partial charge < -0.3 is 0 Å². The molecular formula is C29H24N4. The first kappa shape index (κ1) is 19.5. The van der Waals surface area contributed by atoms with Crippen molar-refractivity contribution in [2.75, 3.05) is 0 Å². The molecule has 0 spiro atoms. The van der Waals surface area contributed by atoms with Gasteiger partial charge in [-0.05, 0) is 48.9 Å². The summed E-state index contributed by atoms with van der Waals surface area (Å²) in [5.41, 5.74) is 3.79. The molecule has 0 aliphatic carbocycles. The molecule has 160 valence electrons. The number of rotatable bonds is 4. The van der Waals surface area contributed by atoms with E-state index in [0.29, 0.717) is 0 Å². The fourth-order valence-electron chi connectivity index (χ4n) is 4.53. The Balaban J connectivity index is 1.38. The molecule has 6 aromatic rings. The van der Waals surface area contributed by atoms with Gasteiger partial charge in [0.15, 0.2) is 0 Å². The van der Waals surface area contributed by atoms with E-state index in [-0.39, 0.29) is 5.41 Å². The van der Waals surface area contributed by atoms with Crippen molar-refractivity contribution >= 4 is 21.5 Å². The Kier molecular flexibility index (Phi) is 4.40. The fraction of sp³-hybridized carbons (Fsp3) is 0.103. The predicted octanol–water partition coefficient (Wildman–Crippen LogP) is 6.69. The molecule has 0 N–H and O–H groups in total. The molecule has 33 heavy (non-hydrogen) atoms. The topological polar surface area (TPSA) is 35.6 Å². The van der Waals surface area contributed by atoms with E-state index in [9.17, 15) is 0 Å². The number of fused-ring (bicyclic) bond motifs is 2. The van der Waals surface area contributed by atoms with Gasteiger partial charge in [-0.3, -0.25) is 0 Å². The van der Waals surface area contributed by atoms with Crippen LogP contribution in [0.3, 0.4) is 0 Å². The van der Waals surface area contributed by atoms with Crippen LogP contribution in [0.15, 0.2) is 109 Å². The standard InChI is InChI=1S/C29H24N4/c1-29(2,27-17-19-32(30-27)25-15-7-11-21-9-3-5-13-23(21)25)28-18-20-33(31-28)26-16-8-12-22-10-4-6-14-24(22)26/h3-20H,1-2H3. The van der Waals surface area contributed by atoms with E-state index in [4.69, 9.17) is 10.2 Å².